The SMILES string of the molecule is CC1(C)CO[C@H](c2ccccc2)CN1C(=O)[C@H]1CCC[C@H](N)C1. The van der Waals surface area contributed by atoms with Gasteiger partial charge in [-0.2, -0.15) is 0 Å². The molecule has 23 heavy (non-hydrogen) atoms. The zero-order valence-electron chi connectivity index (χ0n) is 14.2. The first-order valence-corrected chi connectivity index (χ1v) is 8.71. The number of benzene rings is 1. The molecule has 4 nitrogen and oxygen atoms in total. The van der Waals surface area contributed by atoms with Crippen molar-refractivity contribution in [3.8, 4) is 0 Å². The maximum absolute atomic E-state index is 13.1. The van der Waals surface area contributed by atoms with Crippen LogP contribution in [0.4, 0.5) is 0 Å². The number of amides is 1. The van der Waals surface area contributed by atoms with Gasteiger partial charge < -0.3 is 15.4 Å². The number of carbonyl (C=O) groups is 1. The van der Waals surface area contributed by atoms with Crippen LogP contribution in [-0.2, 0) is 9.53 Å². The van der Waals surface area contributed by atoms with E-state index in [1.807, 2.05) is 23.1 Å². The number of morpholine rings is 1. The maximum atomic E-state index is 13.1. The third-order valence-corrected chi connectivity index (χ3v) is 5.22. The van der Waals surface area contributed by atoms with Gasteiger partial charge >= 0.3 is 0 Å². The van der Waals surface area contributed by atoms with E-state index < -0.39 is 0 Å². The van der Waals surface area contributed by atoms with Gasteiger partial charge in [0.25, 0.3) is 0 Å². The standard InChI is InChI=1S/C19H28N2O2/c1-19(2)13-23-17(14-7-4-3-5-8-14)12-21(19)18(22)15-9-6-10-16(20)11-15/h3-5,7-8,15-17H,6,9-13,20H2,1-2H3/t15-,16-,17-/m0/s1. The smallest absolute Gasteiger partial charge is 0.226 e. The minimum atomic E-state index is -0.260. The molecule has 4 heteroatoms. The molecule has 1 aliphatic carbocycles. The molecule has 1 saturated heterocycles. The monoisotopic (exact) mass is 316 g/mol. The molecule has 1 aromatic carbocycles. The van der Waals surface area contributed by atoms with E-state index in [9.17, 15) is 4.79 Å². The zero-order chi connectivity index (χ0) is 16.4. The van der Waals surface area contributed by atoms with E-state index >= 15 is 0 Å². The van der Waals surface area contributed by atoms with Gasteiger partial charge in [-0.25, -0.2) is 0 Å². The van der Waals surface area contributed by atoms with E-state index in [0.29, 0.717) is 13.2 Å². The van der Waals surface area contributed by atoms with Crippen LogP contribution in [0, 0.1) is 5.92 Å². The third kappa shape index (κ3) is 3.59. The van der Waals surface area contributed by atoms with E-state index in [1.54, 1.807) is 0 Å². The van der Waals surface area contributed by atoms with Crippen LogP contribution in [0.2, 0.25) is 0 Å². The highest BCUT2D eigenvalue weighted by Crippen LogP contribution is 2.34. The van der Waals surface area contributed by atoms with Crippen LogP contribution in [-0.4, -0.2) is 35.5 Å². The fraction of sp³-hybridized carbons (Fsp3) is 0.632. The molecule has 2 N–H and O–H groups in total. The number of hydrogen-bond acceptors (Lipinski definition) is 3. The average molecular weight is 316 g/mol. The Hall–Kier alpha value is -1.39. The molecule has 126 valence electrons. The van der Waals surface area contributed by atoms with E-state index in [4.69, 9.17) is 10.5 Å². The van der Waals surface area contributed by atoms with Gasteiger partial charge in [0.1, 0.15) is 6.10 Å². The summed E-state index contributed by atoms with van der Waals surface area (Å²) in [6.07, 6.45) is 3.86. The summed E-state index contributed by atoms with van der Waals surface area (Å²) in [5.41, 5.74) is 6.96. The lowest BCUT2D eigenvalue weighted by Crippen LogP contribution is -2.58. The largest absolute Gasteiger partial charge is 0.369 e. The van der Waals surface area contributed by atoms with Crippen molar-refractivity contribution >= 4 is 5.91 Å². The van der Waals surface area contributed by atoms with Crippen LogP contribution in [0.25, 0.3) is 0 Å². The predicted molar refractivity (Wildman–Crippen MR) is 90.9 cm³/mol. The van der Waals surface area contributed by atoms with Gasteiger partial charge in [0.15, 0.2) is 0 Å². The fourth-order valence-electron chi connectivity index (χ4n) is 3.78. The number of ether oxygens (including phenoxy) is 1. The van der Waals surface area contributed by atoms with Crippen LogP contribution < -0.4 is 5.73 Å². The van der Waals surface area contributed by atoms with E-state index in [-0.39, 0.29) is 29.5 Å². The van der Waals surface area contributed by atoms with Crippen molar-refractivity contribution in [2.45, 2.75) is 57.2 Å². The highest BCUT2D eigenvalue weighted by Gasteiger charge is 2.41. The summed E-state index contributed by atoms with van der Waals surface area (Å²) in [6.45, 7) is 5.38. The molecule has 1 aromatic rings. The molecule has 3 atom stereocenters. The molecule has 3 rings (SSSR count). The number of rotatable bonds is 2. The van der Waals surface area contributed by atoms with Gasteiger partial charge in [0.2, 0.25) is 5.91 Å². The molecule has 0 unspecified atom stereocenters. The van der Waals surface area contributed by atoms with Crippen LogP contribution in [0.1, 0.15) is 51.2 Å². The van der Waals surface area contributed by atoms with Crippen LogP contribution in [0.15, 0.2) is 30.3 Å². The second-order valence-electron chi connectivity index (χ2n) is 7.60. The summed E-state index contributed by atoms with van der Waals surface area (Å²) in [5.74, 6) is 0.335. The van der Waals surface area contributed by atoms with Gasteiger partial charge in [-0.05, 0) is 38.7 Å². The van der Waals surface area contributed by atoms with Crippen molar-refractivity contribution in [1.82, 2.24) is 4.90 Å². The summed E-state index contributed by atoms with van der Waals surface area (Å²) in [6, 6.07) is 10.4. The predicted octanol–water partition coefficient (Wildman–Crippen LogP) is 2.88. The van der Waals surface area contributed by atoms with Gasteiger partial charge in [0, 0.05) is 12.0 Å². The van der Waals surface area contributed by atoms with E-state index in [2.05, 4.69) is 26.0 Å². The Balaban J connectivity index is 1.76. The first kappa shape index (κ1) is 16.5. The molecule has 1 heterocycles. The lowest BCUT2D eigenvalue weighted by Gasteiger charge is -2.47. The Kier molecular flexibility index (Phi) is 4.74. The van der Waals surface area contributed by atoms with Gasteiger partial charge in [0.05, 0.1) is 18.7 Å². The summed E-state index contributed by atoms with van der Waals surface area (Å²) in [5, 5.41) is 0. The van der Waals surface area contributed by atoms with E-state index in [1.165, 1.54) is 0 Å². The van der Waals surface area contributed by atoms with Crippen molar-refractivity contribution in [2.24, 2.45) is 11.7 Å². The molecule has 1 saturated carbocycles. The fourth-order valence-corrected chi connectivity index (χ4v) is 3.78. The molecule has 2 aliphatic rings. The first-order valence-electron chi connectivity index (χ1n) is 8.71. The minimum absolute atomic E-state index is 0.0366. The second kappa shape index (κ2) is 6.62. The normalized spacial score (nSPS) is 30.9. The average Bonchev–Trinajstić information content (AvgIpc) is 2.55. The van der Waals surface area contributed by atoms with Crippen molar-refractivity contribution < 1.29 is 9.53 Å². The zero-order valence-corrected chi connectivity index (χ0v) is 14.2. The summed E-state index contributed by atoms with van der Waals surface area (Å²) in [7, 11) is 0. The molecule has 0 spiro atoms. The molecule has 0 radical (unpaired) electrons. The Labute approximate surface area is 139 Å². The van der Waals surface area contributed by atoms with Crippen molar-refractivity contribution in [3.63, 3.8) is 0 Å². The van der Waals surface area contributed by atoms with Gasteiger partial charge in [-0.15, -0.1) is 0 Å². The molecular formula is C19H28N2O2. The number of nitrogens with zero attached hydrogens (tertiary/aromatic N) is 1. The summed E-state index contributed by atoms with van der Waals surface area (Å²) >= 11 is 0. The van der Waals surface area contributed by atoms with Crippen molar-refractivity contribution in [1.29, 1.82) is 0 Å². The van der Waals surface area contributed by atoms with Gasteiger partial charge in [-0.3, -0.25) is 4.79 Å². The Bertz CT molecular complexity index is 544. The third-order valence-electron chi connectivity index (χ3n) is 5.22. The molecule has 0 bridgehead atoms. The van der Waals surface area contributed by atoms with Gasteiger partial charge in [-0.1, -0.05) is 36.8 Å². The van der Waals surface area contributed by atoms with Crippen LogP contribution >= 0.6 is 0 Å². The Morgan fingerprint density at radius 3 is 2.70 bits per heavy atom. The minimum Gasteiger partial charge on any atom is -0.369 e. The van der Waals surface area contributed by atoms with E-state index in [0.717, 1.165) is 31.2 Å². The lowest BCUT2D eigenvalue weighted by atomic mass is 9.84. The highest BCUT2D eigenvalue weighted by molar-refractivity contribution is 5.80. The summed E-state index contributed by atoms with van der Waals surface area (Å²) < 4.78 is 6.05. The Morgan fingerprint density at radius 1 is 1.26 bits per heavy atom. The van der Waals surface area contributed by atoms with Crippen LogP contribution in [0.5, 0.6) is 0 Å². The molecule has 2 fully saturated rings. The van der Waals surface area contributed by atoms with Crippen molar-refractivity contribution in [2.75, 3.05) is 13.2 Å². The highest BCUT2D eigenvalue weighted by atomic mass is 16.5. The topological polar surface area (TPSA) is 55.6 Å². The molecule has 0 aromatic heterocycles. The number of nitrogens with two attached hydrogens (primary N) is 1. The Morgan fingerprint density at radius 2 is 2.00 bits per heavy atom. The quantitative estimate of drug-likeness (QED) is 0.913. The molecular weight excluding hydrogens is 288 g/mol. The second-order valence-corrected chi connectivity index (χ2v) is 7.60. The van der Waals surface area contributed by atoms with Crippen LogP contribution in [0.3, 0.4) is 0 Å². The van der Waals surface area contributed by atoms with Crippen molar-refractivity contribution in [3.05, 3.63) is 35.9 Å². The molecule has 1 amide bonds. The number of carbonyl (C=O) groups excluding carboxylic acids is 1. The first-order chi connectivity index (χ1) is 11.0. The summed E-state index contributed by atoms with van der Waals surface area (Å²) in [4.78, 5) is 15.1. The molecule has 1 aliphatic heterocycles. The maximum Gasteiger partial charge on any atom is 0.226 e. The lowest BCUT2D eigenvalue weighted by molar-refractivity contribution is -0.160. The number of hydrogen-bond donors (Lipinski definition) is 1.